The van der Waals surface area contributed by atoms with Gasteiger partial charge in [0.15, 0.2) is 6.04 Å². The molecule has 0 radical (unpaired) electrons. The Balaban J connectivity index is 1.60. The number of rotatable bonds is 3. The second-order valence-electron chi connectivity index (χ2n) is 7.73. The van der Waals surface area contributed by atoms with Crippen molar-refractivity contribution < 1.29 is 14.8 Å². The molecular weight excluding hydrogens is 314 g/mol. The summed E-state index contributed by atoms with van der Waals surface area (Å²) in [5, 5.41) is 10.0. The van der Waals surface area contributed by atoms with Gasteiger partial charge in [-0.25, -0.2) is 0 Å². The molecule has 3 rings (SSSR count). The maximum Gasteiger partial charge on any atom is 0.281 e. The van der Waals surface area contributed by atoms with Crippen molar-refractivity contribution in [2.75, 3.05) is 31.1 Å². The van der Waals surface area contributed by atoms with Gasteiger partial charge in [0.25, 0.3) is 5.91 Å². The van der Waals surface area contributed by atoms with Crippen molar-refractivity contribution in [1.29, 1.82) is 0 Å². The molecule has 138 valence electrons. The Hall–Kier alpha value is -1.75. The zero-order chi connectivity index (χ0) is 18.0. The molecule has 5 heteroatoms. The molecular formula is C20H32N3O2+. The SMILES string of the molecule is C[C@@H]1CCC[C@H](C)N1C(=O)[C@@H](C)[NH+]1CCN(c2ccccc2O)CC1. The predicted molar refractivity (Wildman–Crippen MR) is 100 cm³/mol. The summed E-state index contributed by atoms with van der Waals surface area (Å²) in [5.74, 6) is 0.650. The molecule has 3 atom stereocenters. The van der Waals surface area contributed by atoms with Crippen molar-refractivity contribution in [3.8, 4) is 5.75 Å². The number of hydrogen-bond donors (Lipinski definition) is 2. The van der Waals surface area contributed by atoms with Crippen molar-refractivity contribution in [3.63, 3.8) is 0 Å². The van der Waals surface area contributed by atoms with Gasteiger partial charge in [0.2, 0.25) is 0 Å². The van der Waals surface area contributed by atoms with Crippen LogP contribution < -0.4 is 9.80 Å². The van der Waals surface area contributed by atoms with Crippen molar-refractivity contribution in [2.24, 2.45) is 0 Å². The highest BCUT2D eigenvalue weighted by atomic mass is 16.3. The Morgan fingerprint density at radius 1 is 1.16 bits per heavy atom. The largest absolute Gasteiger partial charge is 0.506 e. The van der Waals surface area contributed by atoms with Crippen LogP contribution in [-0.4, -0.2) is 60.2 Å². The topological polar surface area (TPSA) is 48.2 Å². The number of carbonyl (C=O) groups is 1. The lowest BCUT2D eigenvalue weighted by Gasteiger charge is -2.42. The molecule has 2 saturated heterocycles. The number of hydrogen-bond acceptors (Lipinski definition) is 3. The first kappa shape index (κ1) is 18.1. The Kier molecular flexibility index (Phi) is 5.52. The molecule has 2 fully saturated rings. The van der Waals surface area contributed by atoms with Gasteiger partial charge in [0.05, 0.1) is 31.9 Å². The smallest absolute Gasteiger partial charge is 0.281 e. The molecule has 2 aliphatic rings. The highest BCUT2D eigenvalue weighted by Crippen LogP contribution is 2.26. The van der Waals surface area contributed by atoms with E-state index < -0.39 is 0 Å². The number of carbonyl (C=O) groups excluding carboxylic acids is 1. The van der Waals surface area contributed by atoms with E-state index in [-0.39, 0.29) is 6.04 Å². The molecule has 1 amide bonds. The van der Waals surface area contributed by atoms with Gasteiger partial charge in [-0.05, 0) is 52.2 Å². The van der Waals surface area contributed by atoms with Crippen LogP contribution in [0.1, 0.15) is 40.0 Å². The second kappa shape index (κ2) is 7.65. The quantitative estimate of drug-likeness (QED) is 0.867. The summed E-state index contributed by atoms with van der Waals surface area (Å²) in [4.78, 5) is 18.8. The van der Waals surface area contributed by atoms with E-state index in [1.807, 2.05) is 18.2 Å². The first-order chi connectivity index (χ1) is 12.0. The summed E-state index contributed by atoms with van der Waals surface area (Å²) < 4.78 is 0. The fourth-order valence-electron chi connectivity index (χ4n) is 4.45. The highest BCUT2D eigenvalue weighted by molar-refractivity contribution is 5.81. The number of benzene rings is 1. The third kappa shape index (κ3) is 3.76. The van der Waals surface area contributed by atoms with E-state index in [4.69, 9.17) is 0 Å². The van der Waals surface area contributed by atoms with Gasteiger partial charge < -0.3 is 19.8 Å². The number of nitrogens with one attached hydrogen (secondary N) is 1. The summed E-state index contributed by atoms with van der Waals surface area (Å²) in [6.45, 7) is 10.1. The van der Waals surface area contributed by atoms with Crippen LogP contribution in [0.3, 0.4) is 0 Å². The van der Waals surface area contributed by atoms with Gasteiger partial charge in [-0.2, -0.15) is 0 Å². The maximum atomic E-state index is 13.1. The van der Waals surface area contributed by atoms with Gasteiger partial charge in [-0.15, -0.1) is 0 Å². The van der Waals surface area contributed by atoms with Crippen LogP contribution in [0.25, 0.3) is 0 Å². The molecule has 2 aliphatic heterocycles. The van der Waals surface area contributed by atoms with Crippen LogP contribution in [0.15, 0.2) is 24.3 Å². The van der Waals surface area contributed by atoms with Crippen molar-refractivity contribution >= 4 is 11.6 Å². The van der Waals surface area contributed by atoms with Gasteiger partial charge in [-0.1, -0.05) is 12.1 Å². The molecule has 1 aromatic rings. The minimum absolute atomic E-state index is 0.00882. The van der Waals surface area contributed by atoms with Crippen molar-refractivity contribution in [2.45, 2.75) is 58.2 Å². The number of anilines is 1. The molecule has 0 spiro atoms. The Bertz CT molecular complexity index is 588. The second-order valence-corrected chi connectivity index (χ2v) is 7.73. The van der Waals surface area contributed by atoms with E-state index in [1.165, 1.54) is 11.3 Å². The normalized spacial score (nSPS) is 26.5. The zero-order valence-corrected chi connectivity index (χ0v) is 15.7. The number of aromatic hydroxyl groups is 1. The van der Waals surface area contributed by atoms with E-state index in [1.54, 1.807) is 6.07 Å². The summed E-state index contributed by atoms with van der Waals surface area (Å²) in [6.07, 6.45) is 3.48. The number of piperazine rings is 1. The van der Waals surface area contributed by atoms with E-state index in [9.17, 15) is 9.90 Å². The molecule has 0 unspecified atom stereocenters. The van der Waals surface area contributed by atoms with Crippen LogP contribution in [0.2, 0.25) is 0 Å². The number of nitrogens with zero attached hydrogens (tertiary/aromatic N) is 2. The first-order valence-corrected chi connectivity index (χ1v) is 9.68. The van der Waals surface area contributed by atoms with Gasteiger partial charge >= 0.3 is 0 Å². The summed E-state index contributed by atoms with van der Waals surface area (Å²) >= 11 is 0. The van der Waals surface area contributed by atoms with Gasteiger partial charge in [0.1, 0.15) is 5.75 Å². The van der Waals surface area contributed by atoms with Crippen LogP contribution >= 0.6 is 0 Å². The molecule has 1 aromatic carbocycles. The van der Waals surface area contributed by atoms with Crippen LogP contribution in [0.5, 0.6) is 5.75 Å². The number of piperidine rings is 1. The van der Waals surface area contributed by atoms with E-state index in [0.717, 1.165) is 44.7 Å². The lowest BCUT2D eigenvalue weighted by atomic mass is 9.96. The minimum atomic E-state index is 0.00882. The van der Waals surface area contributed by atoms with Crippen LogP contribution in [-0.2, 0) is 4.79 Å². The number of phenolic OH excluding ortho intramolecular Hbond substituents is 1. The molecule has 0 saturated carbocycles. The molecule has 0 aliphatic carbocycles. The molecule has 25 heavy (non-hydrogen) atoms. The maximum absolute atomic E-state index is 13.1. The summed E-state index contributed by atoms with van der Waals surface area (Å²) in [7, 11) is 0. The predicted octanol–water partition coefficient (Wildman–Crippen LogP) is 1.28. The summed E-state index contributed by atoms with van der Waals surface area (Å²) in [5.41, 5.74) is 0.902. The summed E-state index contributed by atoms with van der Waals surface area (Å²) in [6, 6.07) is 8.24. The number of likely N-dealkylation sites (tertiary alicyclic amines) is 1. The number of quaternary nitrogens is 1. The zero-order valence-electron chi connectivity index (χ0n) is 15.7. The molecule has 2 N–H and O–H groups in total. The number of phenols is 1. The van der Waals surface area contributed by atoms with Crippen LogP contribution in [0, 0.1) is 0 Å². The molecule has 5 nitrogen and oxygen atoms in total. The monoisotopic (exact) mass is 346 g/mol. The molecule has 0 bridgehead atoms. The molecule has 2 heterocycles. The van der Waals surface area contributed by atoms with Gasteiger partial charge in [0, 0.05) is 12.1 Å². The van der Waals surface area contributed by atoms with E-state index >= 15 is 0 Å². The van der Waals surface area contributed by atoms with Gasteiger partial charge in [-0.3, -0.25) is 4.79 Å². The van der Waals surface area contributed by atoms with Crippen molar-refractivity contribution in [3.05, 3.63) is 24.3 Å². The third-order valence-corrected chi connectivity index (χ3v) is 6.06. The lowest BCUT2D eigenvalue weighted by Crippen LogP contribution is -3.19. The third-order valence-electron chi connectivity index (χ3n) is 6.06. The standard InChI is InChI=1S/C20H31N3O2/c1-15-7-6-8-16(2)23(15)20(25)17(3)21-11-13-22(14-12-21)18-9-4-5-10-19(18)24/h4-5,9-10,15-17,24H,6-8,11-14H2,1-3H3/p+1/t15-,16+,17-/m1/s1. The van der Waals surface area contributed by atoms with E-state index in [2.05, 4.69) is 30.6 Å². The fourth-order valence-corrected chi connectivity index (χ4v) is 4.45. The molecule has 0 aromatic heterocycles. The minimum Gasteiger partial charge on any atom is -0.506 e. The van der Waals surface area contributed by atoms with E-state index in [0.29, 0.717) is 23.7 Å². The Labute approximate surface area is 151 Å². The van der Waals surface area contributed by atoms with Crippen molar-refractivity contribution in [1.82, 2.24) is 4.90 Å². The first-order valence-electron chi connectivity index (χ1n) is 9.68. The Morgan fingerprint density at radius 3 is 2.36 bits per heavy atom. The number of amides is 1. The number of para-hydroxylation sites is 2. The average molecular weight is 346 g/mol. The highest BCUT2D eigenvalue weighted by Gasteiger charge is 2.37. The Morgan fingerprint density at radius 2 is 1.76 bits per heavy atom. The van der Waals surface area contributed by atoms with Crippen LogP contribution in [0.4, 0.5) is 5.69 Å². The fraction of sp³-hybridized carbons (Fsp3) is 0.650. The average Bonchev–Trinajstić information content (AvgIpc) is 2.61. The lowest BCUT2D eigenvalue weighted by molar-refractivity contribution is -0.915.